The molecule has 0 heterocycles. The number of benzene rings is 1. The summed E-state index contributed by atoms with van der Waals surface area (Å²) in [6.07, 6.45) is 1.59. The maximum atomic E-state index is 11.7. The van der Waals surface area contributed by atoms with Crippen LogP contribution in [0.15, 0.2) is 29.8 Å². The number of nitriles is 1. The Bertz CT molecular complexity index is 464. The van der Waals surface area contributed by atoms with Crippen molar-refractivity contribution in [2.24, 2.45) is 0 Å². The number of rotatable bonds is 3. The van der Waals surface area contributed by atoms with Crippen LogP contribution in [0.1, 0.15) is 25.0 Å². The van der Waals surface area contributed by atoms with Gasteiger partial charge in [0.05, 0.1) is 0 Å². The molecule has 0 aliphatic heterocycles. The lowest BCUT2D eigenvalue weighted by molar-refractivity contribution is -0.117. The second-order valence-electron chi connectivity index (χ2n) is 4.21. The van der Waals surface area contributed by atoms with E-state index in [1.165, 1.54) is 0 Å². The topological polar surface area (TPSA) is 52.9 Å². The summed E-state index contributed by atoms with van der Waals surface area (Å²) in [5, 5.41) is 11.6. The van der Waals surface area contributed by atoms with Gasteiger partial charge >= 0.3 is 0 Å². The van der Waals surface area contributed by atoms with Gasteiger partial charge in [0.15, 0.2) is 0 Å². The zero-order chi connectivity index (χ0) is 12.8. The molecule has 0 saturated carbocycles. The average Bonchev–Trinajstić information content (AvgIpc) is 2.27. The lowest BCUT2D eigenvalue weighted by Crippen LogP contribution is -2.30. The minimum absolute atomic E-state index is 0.0252. The fourth-order valence-corrected chi connectivity index (χ4v) is 1.32. The Morgan fingerprint density at radius 1 is 1.35 bits per heavy atom. The van der Waals surface area contributed by atoms with E-state index in [1.54, 1.807) is 6.08 Å². The molecule has 0 saturated heterocycles. The Morgan fingerprint density at radius 3 is 2.41 bits per heavy atom. The van der Waals surface area contributed by atoms with Crippen LogP contribution in [0.4, 0.5) is 0 Å². The molecule has 1 aromatic rings. The number of nitrogens with zero attached hydrogens (tertiary/aromatic N) is 1. The Hall–Kier alpha value is -2.08. The van der Waals surface area contributed by atoms with Crippen molar-refractivity contribution < 1.29 is 4.79 Å². The van der Waals surface area contributed by atoms with Gasteiger partial charge in [0.1, 0.15) is 11.6 Å². The van der Waals surface area contributed by atoms with Crippen molar-refractivity contribution in [2.75, 3.05) is 0 Å². The van der Waals surface area contributed by atoms with E-state index < -0.39 is 0 Å². The van der Waals surface area contributed by atoms with Crippen molar-refractivity contribution in [3.05, 3.63) is 41.0 Å². The smallest absolute Gasteiger partial charge is 0.262 e. The van der Waals surface area contributed by atoms with Crippen molar-refractivity contribution in [1.82, 2.24) is 5.32 Å². The third-order valence-electron chi connectivity index (χ3n) is 2.17. The zero-order valence-corrected chi connectivity index (χ0v) is 10.3. The van der Waals surface area contributed by atoms with Crippen LogP contribution < -0.4 is 5.32 Å². The molecular formula is C14H16N2O. The molecule has 1 rings (SSSR count). The van der Waals surface area contributed by atoms with Crippen LogP contribution in [0.25, 0.3) is 6.08 Å². The molecule has 0 radical (unpaired) electrons. The van der Waals surface area contributed by atoms with E-state index in [4.69, 9.17) is 5.26 Å². The van der Waals surface area contributed by atoms with E-state index in [9.17, 15) is 4.79 Å². The molecule has 1 N–H and O–H groups in total. The number of carbonyl (C=O) groups is 1. The molecule has 0 spiro atoms. The second-order valence-corrected chi connectivity index (χ2v) is 4.21. The van der Waals surface area contributed by atoms with Crippen LogP contribution in [-0.2, 0) is 4.79 Å². The van der Waals surface area contributed by atoms with Crippen molar-refractivity contribution in [2.45, 2.75) is 26.8 Å². The maximum Gasteiger partial charge on any atom is 0.262 e. The van der Waals surface area contributed by atoms with Crippen LogP contribution in [0.5, 0.6) is 0 Å². The van der Waals surface area contributed by atoms with Gasteiger partial charge in [0.25, 0.3) is 5.91 Å². The van der Waals surface area contributed by atoms with Crippen molar-refractivity contribution in [1.29, 1.82) is 5.26 Å². The molecule has 0 unspecified atom stereocenters. The second kappa shape index (κ2) is 5.86. The maximum absolute atomic E-state index is 11.7. The van der Waals surface area contributed by atoms with Crippen LogP contribution >= 0.6 is 0 Å². The standard InChI is InChI=1S/C14H16N2O/c1-10(2)16-14(17)13(9-15)8-12-6-4-11(3)5-7-12/h4-8,10H,1-3H3,(H,16,17)/b13-8+. The fourth-order valence-electron chi connectivity index (χ4n) is 1.32. The Balaban J connectivity index is 2.91. The van der Waals surface area contributed by atoms with Gasteiger partial charge in [-0.25, -0.2) is 0 Å². The Labute approximate surface area is 102 Å². The van der Waals surface area contributed by atoms with E-state index in [2.05, 4.69) is 5.32 Å². The zero-order valence-electron chi connectivity index (χ0n) is 10.3. The van der Waals surface area contributed by atoms with Gasteiger partial charge in [-0.15, -0.1) is 0 Å². The number of nitrogens with one attached hydrogen (secondary N) is 1. The first-order valence-corrected chi connectivity index (χ1v) is 5.52. The van der Waals surface area contributed by atoms with Gasteiger partial charge in [-0.2, -0.15) is 5.26 Å². The van der Waals surface area contributed by atoms with E-state index in [1.807, 2.05) is 51.1 Å². The summed E-state index contributed by atoms with van der Waals surface area (Å²) in [7, 11) is 0. The first kappa shape index (κ1) is 13.0. The van der Waals surface area contributed by atoms with Gasteiger partial charge < -0.3 is 5.32 Å². The van der Waals surface area contributed by atoms with E-state index in [0.717, 1.165) is 11.1 Å². The Kier molecular flexibility index (Phi) is 4.47. The summed E-state index contributed by atoms with van der Waals surface area (Å²) in [6.45, 7) is 5.71. The first-order chi connectivity index (χ1) is 8.02. The van der Waals surface area contributed by atoms with Gasteiger partial charge in [0, 0.05) is 6.04 Å². The molecule has 3 nitrogen and oxygen atoms in total. The van der Waals surface area contributed by atoms with Crippen LogP contribution in [0, 0.1) is 18.3 Å². The highest BCUT2D eigenvalue weighted by molar-refractivity contribution is 6.01. The molecule has 3 heteroatoms. The summed E-state index contributed by atoms with van der Waals surface area (Å²) in [4.78, 5) is 11.7. The minimum Gasteiger partial charge on any atom is -0.349 e. The molecule has 1 aromatic carbocycles. The predicted octanol–water partition coefficient (Wildman–Crippen LogP) is 2.43. The highest BCUT2D eigenvalue weighted by Gasteiger charge is 2.09. The van der Waals surface area contributed by atoms with Gasteiger partial charge in [-0.05, 0) is 32.4 Å². The van der Waals surface area contributed by atoms with Crippen molar-refractivity contribution in [3.63, 3.8) is 0 Å². The third kappa shape index (κ3) is 4.12. The predicted molar refractivity (Wildman–Crippen MR) is 68.0 cm³/mol. The normalized spacial score (nSPS) is 11.1. The SMILES string of the molecule is Cc1ccc(/C=C(\C#N)C(=O)NC(C)C)cc1. The third-order valence-corrected chi connectivity index (χ3v) is 2.17. The molecule has 0 aromatic heterocycles. The summed E-state index contributed by atoms with van der Waals surface area (Å²) in [6, 6.07) is 9.60. The molecule has 0 bridgehead atoms. The fraction of sp³-hybridized carbons (Fsp3) is 0.286. The van der Waals surface area contributed by atoms with E-state index >= 15 is 0 Å². The molecule has 0 aliphatic carbocycles. The lowest BCUT2D eigenvalue weighted by atomic mass is 10.1. The molecule has 17 heavy (non-hydrogen) atoms. The summed E-state index contributed by atoms with van der Waals surface area (Å²) in [5.41, 5.74) is 2.13. The first-order valence-electron chi connectivity index (χ1n) is 5.52. The highest BCUT2D eigenvalue weighted by Crippen LogP contribution is 2.08. The number of aryl methyl sites for hydroxylation is 1. The van der Waals surface area contributed by atoms with E-state index in [0.29, 0.717) is 0 Å². The van der Waals surface area contributed by atoms with Crippen LogP contribution in [0.3, 0.4) is 0 Å². The summed E-state index contributed by atoms with van der Waals surface area (Å²) >= 11 is 0. The quantitative estimate of drug-likeness (QED) is 0.638. The lowest BCUT2D eigenvalue weighted by Gasteiger charge is -2.06. The molecule has 0 fully saturated rings. The number of carbonyl (C=O) groups excluding carboxylic acids is 1. The van der Waals surface area contributed by atoms with Gasteiger partial charge in [-0.3, -0.25) is 4.79 Å². The number of hydrogen-bond acceptors (Lipinski definition) is 2. The van der Waals surface area contributed by atoms with Crippen LogP contribution in [-0.4, -0.2) is 11.9 Å². The summed E-state index contributed by atoms with van der Waals surface area (Å²) in [5.74, 6) is -0.330. The van der Waals surface area contributed by atoms with Crippen molar-refractivity contribution in [3.8, 4) is 6.07 Å². The molecule has 0 atom stereocenters. The largest absolute Gasteiger partial charge is 0.349 e. The molecule has 1 amide bonds. The van der Waals surface area contributed by atoms with Gasteiger partial charge in [0.2, 0.25) is 0 Å². The monoisotopic (exact) mass is 228 g/mol. The minimum atomic E-state index is -0.330. The number of hydrogen-bond donors (Lipinski definition) is 1. The number of amides is 1. The molecule has 0 aliphatic rings. The van der Waals surface area contributed by atoms with E-state index in [-0.39, 0.29) is 17.5 Å². The summed E-state index contributed by atoms with van der Waals surface area (Å²) < 4.78 is 0. The van der Waals surface area contributed by atoms with Crippen molar-refractivity contribution >= 4 is 12.0 Å². The van der Waals surface area contributed by atoms with Gasteiger partial charge in [-0.1, -0.05) is 29.8 Å². The molecule has 88 valence electrons. The molecular weight excluding hydrogens is 212 g/mol. The highest BCUT2D eigenvalue weighted by atomic mass is 16.1. The van der Waals surface area contributed by atoms with Crippen LogP contribution in [0.2, 0.25) is 0 Å². The Morgan fingerprint density at radius 2 is 1.94 bits per heavy atom. The average molecular weight is 228 g/mol.